The highest BCUT2D eigenvalue weighted by atomic mass is 19.1. The molecule has 0 aliphatic heterocycles. The summed E-state index contributed by atoms with van der Waals surface area (Å²) in [4.78, 5) is 16.2. The Morgan fingerprint density at radius 1 is 1.24 bits per heavy atom. The Morgan fingerprint density at radius 3 is 2.57 bits per heavy atom. The van der Waals surface area contributed by atoms with E-state index in [4.69, 9.17) is 10.6 Å². The third-order valence-electron chi connectivity index (χ3n) is 2.63. The Hall–Kier alpha value is -2.89. The van der Waals surface area contributed by atoms with Gasteiger partial charge in [-0.15, -0.1) is 0 Å². The molecule has 1 amide bonds. The monoisotopic (exact) mass is 288 g/mol. The standard InChI is InChI=1S/C15H13FN2O3/c16-12-7-6-11(8-14(12)19)21-18-13(9-15(17)20)10-4-2-1-3-5-10/h1-8,19H,9H2,(H2,17,20)/b18-13+. The first kappa shape index (κ1) is 14.5. The minimum atomic E-state index is -0.758. The van der Waals surface area contributed by atoms with Gasteiger partial charge >= 0.3 is 0 Å². The second-order valence-electron chi connectivity index (χ2n) is 4.25. The summed E-state index contributed by atoms with van der Waals surface area (Å²) in [6.07, 6.45) is -0.100. The molecule has 0 radical (unpaired) electrons. The molecule has 5 nitrogen and oxygen atoms in total. The van der Waals surface area contributed by atoms with Crippen LogP contribution in [0.3, 0.4) is 0 Å². The number of aromatic hydroxyl groups is 1. The number of nitrogens with two attached hydrogens (primary N) is 1. The number of primary amides is 1. The topological polar surface area (TPSA) is 84.9 Å². The number of phenolic OH excluding ortho intramolecular Hbond substituents is 1. The molecule has 0 saturated carbocycles. The van der Waals surface area contributed by atoms with Crippen LogP contribution in [0.2, 0.25) is 0 Å². The molecule has 2 aromatic carbocycles. The third kappa shape index (κ3) is 4.04. The van der Waals surface area contributed by atoms with Crippen molar-refractivity contribution in [1.82, 2.24) is 0 Å². The van der Waals surface area contributed by atoms with Gasteiger partial charge in [-0.3, -0.25) is 4.79 Å². The molecular weight excluding hydrogens is 275 g/mol. The van der Waals surface area contributed by atoms with Gasteiger partial charge in [-0.2, -0.15) is 0 Å². The number of benzene rings is 2. The zero-order valence-electron chi connectivity index (χ0n) is 11.0. The second-order valence-corrected chi connectivity index (χ2v) is 4.25. The molecule has 0 saturated heterocycles. The average molecular weight is 288 g/mol. The first-order valence-electron chi connectivity index (χ1n) is 6.12. The molecule has 0 atom stereocenters. The van der Waals surface area contributed by atoms with Crippen LogP contribution >= 0.6 is 0 Å². The number of carbonyl (C=O) groups excluding carboxylic acids is 1. The van der Waals surface area contributed by atoms with E-state index in [1.807, 2.05) is 6.07 Å². The van der Waals surface area contributed by atoms with Crippen molar-refractivity contribution in [2.24, 2.45) is 10.9 Å². The van der Waals surface area contributed by atoms with Crippen molar-refractivity contribution in [3.8, 4) is 11.5 Å². The summed E-state index contributed by atoms with van der Waals surface area (Å²) in [5.41, 5.74) is 6.20. The molecule has 0 heterocycles. The SMILES string of the molecule is NC(=O)C/C(=N\Oc1ccc(F)c(O)c1)c1ccccc1. The van der Waals surface area contributed by atoms with Crippen molar-refractivity contribution in [3.05, 3.63) is 59.9 Å². The number of phenols is 1. The predicted molar refractivity (Wildman–Crippen MR) is 75.5 cm³/mol. The number of rotatable bonds is 5. The van der Waals surface area contributed by atoms with E-state index in [9.17, 15) is 14.3 Å². The van der Waals surface area contributed by atoms with Crippen LogP contribution in [-0.4, -0.2) is 16.7 Å². The van der Waals surface area contributed by atoms with Crippen LogP contribution in [-0.2, 0) is 4.79 Å². The first-order valence-corrected chi connectivity index (χ1v) is 6.12. The van der Waals surface area contributed by atoms with E-state index in [1.54, 1.807) is 24.3 Å². The molecule has 21 heavy (non-hydrogen) atoms. The fraction of sp³-hybridized carbons (Fsp3) is 0.0667. The van der Waals surface area contributed by atoms with Crippen LogP contribution < -0.4 is 10.6 Å². The lowest BCUT2D eigenvalue weighted by Gasteiger charge is -2.05. The molecule has 0 aliphatic carbocycles. The normalized spacial score (nSPS) is 11.2. The zero-order valence-corrected chi connectivity index (χ0v) is 11.0. The van der Waals surface area contributed by atoms with Crippen molar-refractivity contribution in [1.29, 1.82) is 0 Å². The molecular formula is C15H13FN2O3. The van der Waals surface area contributed by atoms with Crippen LogP contribution in [0.15, 0.2) is 53.7 Å². The smallest absolute Gasteiger partial charge is 0.223 e. The summed E-state index contributed by atoms with van der Waals surface area (Å²) in [7, 11) is 0. The Morgan fingerprint density at radius 2 is 1.95 bits per heavy atom. The Kier molecular flexibility index (Phi) is 4.50. The van der Waals surface area contributed by atoms with Crippen molar-refractivity contribution < 1.29 is 19.1 Å². The predicted octanol–water partition coefficient (Wildman–Crippen LogP) is 2.19. The lowest BCUT2D eigenvalue weighted by atomic mass is 10.1. The minimum Gasteiger partial charge on any atom is -0.505 e. The Labute approximate surface area is 120 Å². The van der Waals surface area contributed by atoms with Gasteiger partial charge < -0.3 is 15.7 Å². The van der Waals surface area contributed by atoms with Gasteiger partial charge in [0.25, 0.3) is 0 Å². The summed E-state index contributed by atoms with van der Waals surface area (Å²) in [6.45, 7) is 0. The zero-order chi connectivity index (χ0) is 15.2. The maximum absolute atomic E-state index is 12.9. The first-order chi connectivity index (χ1) is 10.1. The van der Waals surface area contributed by atoms with Crippen molar-refractivity contribution in [2.75, 3.05) is 0 Å². The maximum atomic E-state index is 12.9. The highest BCUT2D eigenvalue weighted by Crippen LogP contribution is 2.22. The summed E-state index contributed by atoms with van der Waals surface area (Å²) < 4.78 is 12.9. The number of oxime groups is 1. The third-order valence-corrected chi connectivity index (χ3v) is 2.63. The highest BCUT2D eigenvalue weighted by molar-refractivity contribution is 6.09. The van der Waals surface area contributed by atoms with Gasteiger partial charge in [-0.25, -0.2) is 4.39 Å². The number of halogens is 1. The molecule has 0 aromatic heterocycles. The van der Waals surface area contributed by atoms with Gasteiger partial charge in [0.15, 0.2) is 17.3 Å². The quantitative estimate of drug-likeness (QED) is 0.653. The fourth-order valence-electron chi connectivity index (χ4n) is 1.64. The minimum absolute atomic E-state index is 0.100. The van der Waals surface area contributed by atoms with Crippen LogP contribution in [0.25, 0.3) is 0 Å². The summed E-state index contributed by atoms with van der Waals surface area (Å²) in [5.74, 6) is -1.71. The van der Waals surface area contributed by atoms with Gasteiger partial charge in [0.05, 0.1) is 12.1 Å². The summed E-state index contributed by atoms with van der Waals surface area (Å²) in [5, 5.41) is 13.1. The molecule has 0 unspecified atom stereocenters. The summed E-state index contributed by atoms with van der Waals surface area (Å²) >= 11 is 0. The number of carbonyl (C=O) groups is 1. The molecule has 3 N–H and O–H groups in total. The lowest BCUT2D eigenvalue weighted by molar-refractivity contribution is -0.116. The van der Waals surface area contributed by atoms with Gasteiger partial charge in [0, 0.05) is 6.07 Å². The summed E-state index contributed by atoms with van der Waals surface area (Å²) in [6, 6.07) is 12.4. The van der Waals surface area contributed by atoms with E-state index in [0.29, 0.717) is 11.3 Å². The molecule has 108 valence electrons. The molecule has 0 spiro atoms. The van der Waals surface area contributed by atoms with Crippen molar-refractivity contribution in [2.45, 2.75) is 6.42 Å². The number of hydrogen-bond donors (Lipinski definition) is 2. The van der Waals surface area contributed by atoms with E-state index < -0.39 is 17.5 Å². The van der Waals surface area contributed by atoms with E-state index in [1.165, 1.54) is 6.07 Å². The molecule has 0 bridgehead atoms. The largest absolute Gasteiger partial charge is 0.505 e. The van der Waals surface area contributed by atoms with Crippen LogP contribution in [0.1, 0.15) is 12.0 Å². The van der Waals surface area contributed by atoms with E-state index in [2.05, 4.69) is 5.16 Å². The molecule has 6 heteroatoms. The van der Waals surface area contributed by atoms with Gasteiger partial charge in [-0.05, 0) is 17.7 Å². The Bertz CT molecular complexity index is 672. The van der Waals surface area contributed by atoms with Crippen LogP contribution in [0.4, 0.5) is 4.39 Å². The maximum Gasteiger partial charge on any atom is 0.223 e. The van der Waals surface area contributed by atoms with Crippen LogP contribution in [0.5, 0.6) is 11.5 Å². The lowest BCUT2D eigenvalue weighted by Crippen LogP contribution is -2.17. The molecule has 2 rings (SSSR count). The van der Waals surface area contributed by atoms with Crippen molar-refractivity contribution in [3.63, 3.8) is 0 Å². The van der Waals surface area contributed by atoms with Gasteiger partial charge in [-0.1, -0.05) is 35.5 Å². The average Bonchev–Trinajstić information content (AvgIpc) is 2.47. The van der Waals surface area contributed by atoms with Gasteiger partial charge in [0.1, 0.15) is 0 Å². The van der Waals surface area contributed by atoms with E-state index in [-0.39, 0.29) is 12.2 Å². The van der Waals surface area contributed by atoms with E-state index >= 15 is 0 Å². The highest BCUT2D eigenvalue weighted by Gasteiger charge is 2.09. The molecule has 0 fully saturated rings. The van der Waals surface area contributed by atoms with Gasteiger partial charge in [0.2, 0.25) is 5.91 Å². The number of nitrogens with zero attached hydrogens (tertiary/aromatic N) is 1. The Balaban J connectivity index is 2.24. The fourth-order valence-corrected chi connectivity index (χ4v) is 1.64. The van der Waals surface area contributed by atoms with Crippen LogP contribution in [0, 0.1) is 5.82 Å². The molecule has 2 aromatic rings. The number of amides is 1. The second kappa shape index (κ2) is 6.51. The van der Waals surface area contributed by atoms with E-state index in [0.717, 1.165) is 12.1 Å². The molecule has 0 aliphatic rings. The number of hydrogen-bond acceptors (Lipinski definition) is 4. The van der Waals surface area contributed by atoms with Crippen molar-refractivity contribution >= 4 is 11.6 Å².